The molecule has 0 heterocycles. The average molecular weight is 183 g/mol. The molecule has 3 heteroatoms. The number of aliphatic carboxylic acids is 1. The van der Waals surface area contributed by atoms with Crippen molar-refractivity contribution in [3.05, 3.63) is 12.2 Å². The number of carbonyl (C=O) groups is 1. The summed E-state index contributed by atoms with van der Waals surface area (Å²) in [4.78, 5) is 10.6. The Morgan fingerprint density at radius 2 is 2.46 bits per heavy atom. The van der Waals surface area contributed by atoms with Gasteiger partial charge in [0.1, 0.15) is 0 Å². The largest absolute Gasteiger partial charge is 0.481 e. The van der Waals surface area contributed by atoms with Crippen LogP contribution in [0, 0.1) is 11.3 Å². The molecule has 0 unspecified atom stereocenters. The van der Waals surface area contributed by atoms with Crippen molar-refractivity contribution in [3.8, 4) is 0 Å². The molecule has 1 rings (SSSR count). The third-order valence-corrected chi connectivity index (χ3v) is 2.79. The van der Waals surface area contributed by atoms with E-state index in [-0.39, 0.29) is 11.8 Å². The topological polar surface area (TPSA) is 63.3 Å². The van der Waals surface area contributed by atoms with Gasteiger partial charge in [-0.05, 0) is 18.8 Å². The summed E-state index contributed by atoms with van der Waals surface area (Å²) in [6.45, 7) is 2.57. The molecule has 3 N–H and O–H groups in total. The third-order valence-electron chi connectivity index (χ3n) is 2.79. The molecule has 0 bridgehead atoms. The molecule has 0 amide bonds. The lowest BCUT2D eigenvalue weighted by Gasteiger charge is -2.32. The van der Waals surface area contributed by atoms with Crippen LogP contribution in [0.1, 0.15) is 26.2 Å². The van der Waals surface area contributed by atoms with E-state index >= 15 is 0 Å². The maximum absolute atomic E-state index is 10.6. The van der Waals surface area contributed by atoms with E-state index in [2.05, 4.69) is 13.0 Å². The Balaban J connectivity index is 2.70. The predicted octanol–water partition coefficient (Wildman–Crippen LogP) is 1.39. The van der Waals surface area contributed by atoms with Crippen molar-refractivity contribution in [2.24, 2.45) is 17.1 Å². The zero-order valence-electron chi connectivity index (χ0n) is 7.99. The summed E-state index contributed by atoms with van der Waals surface area (Å²) >= 11 is 0. The van der Waals surface area contributed by atoms with E-state index in [0.717, 1.165) is 12.8 Å². The van der Waals surface area contributed by atoms with Crippen molar-refractivity contribution < 1.29 is 9.90 Å². The van der Waals surface area contributed by atoms with Gasteiger partial charge in [0.15, 0.2) is 0 Å². The minimum absolute atomic E-state index is 0.159. The standard InChI is InChI=1S/C10H17NO2/c1-8-2-4-10(7-11,5-3-8)6-9(12)13/h2,4,8H,3,5-7,11H2,1H3,(H,12,13)/t8-,10+/m1/s1. The molecule has 13 heavy (non-hydrogen) atoms. The van der Waals surface area contributed by atoms with Crippen LogP contribution in [0.2, 0.25) is 0 Å². The quantitative estimate of drug-likeness (QED) is 0.650. The summed E-state index contributed by atoms with van der Waals surface area (Å²) in [5.41, 5.74) is 5.34. The summed E-state index contributed by atoms with van der Waals surface area (Å²) < 4.78 is 0. The second-order valence-electron chi connectivity index (χ2n) is 4.01. The Labute approximate surface area is 78.6 Å². The first-order chi connectivity index (χ1) is 6.08. The van der Waals surface area contributed by atoms with E-state index in [4.69, 9.17) is 10.8 Å². The van der Waals surface area contributed by atoms with Gasteiger partial charge in [-0.2, -0.15) is 0 Å². The van der Waals surface area contributed by atoms with Crippen molar-refractivity contribution >= 4 is 5.97 Å². The number of allylic oxidation sites excluding steroid dienone is 1. The van der Waals surface area contributed by atoms with Crippen LogP contribution in [0.25, 0.3) is 0 Å². The summed E-state index contributed by atoms with van der Waals surface area (Å²) in [5.74, 6) is -0.196. The van der Waals surface area contributed by atoms with Crippen molar-refractivity contribution in [1.29, 1.82) is 0 Å². The van der Waals surface area contributed by atoms with Gasteiger partial charge in [0.05, 0.1) is 6.42 Å². The molecular weight excluding hydrogens is 166 g/mol. The van der Waals surface area contributed by atoms with Crippen molar-refractivity contribution in [1.82, 2.24) is 0 Å². The fraction of sp³-hybridized carbons (Fsp3) is 0.700. The predicted molar refractivity (Wildman–Crippen MR) is 51.3 cm³/mol. The van der Waals surface area contributed by atoms with E-state index < -0.39 is 5.97 Å². The zero-order chi connectivity index (χ0) is 9.90. The van der Waals surface area contributed by atoms with Crippen LogP contribution in [0.4, 0.5) is 0 Å². The van der Waals surface area contributed by atoms with Gasteiger partial charge in [0, 0.05) is 12.0 Å². The van der Waals surface area contributed by atoms with Crippen LogP contribution in [0.5, 0.6) is 0 Å². The first-order valence-electron chi connectivity index (χ1n) is 4.69. The molecule has 3 nitrogen and oxygen atoms in total. The Hall–Kier alpha value is -0.830. The average Bonchev–Trinajstić information content (AvgIpc) is 2.09. The smallest absolute Gasteiger partial charge is 0.304 e. The van der Waals surface area contributed by atoms with Gasteiger partial charge in [-0.15, -0.1) is 0 Å². The molecule has 0 aromatic carbocycles. The second kappa shape index (κ2) is 3.92. The molecule has 2 atom stereocenters. The monoisotopic (exact) mass is 183 g/mol. The highest BCUT2D eigenvalue weighted by Crippen LogP contribution is 2.35. The minimum atomic E-state index is -0.760. The summed E-state index contributed by atoms with van der Waals surface area (Å²) in [6, 6.07) is 0. The van der Waals surface area contributed by atoms with Crippen molar-refractivity contribution in [2.75, 3.05) is 6.54 Å². The maximum atomic E-state index is 10.6. The number of carboxylic acid groups (broad SMARTS) is 1. The molecule has 0 saturated carbocycles. The molecule has 1 aliphatic rings. The molecule has 0 fully saturated rings. The molecule has 0 radical (unpaired) electrons. The fourth-order valence-corrected chi connectivity index (χ4v) is 1.75. The van der Waals surface area contributed by atoms with Gasteiger partial charge >= 0.3 is 5.97 Å². The van der Waals surface area contributed by atoms with Crippen molar-refractivity contribution in [3.63, 3.8) is 0 Å². The minimum Gasteiger partial charge on any atom is -0.481 e. The third kappa shape index (κ3) is 2.56. The molecule has 1 aliphatic carbocycles. The Kier molecular flexibility index (Phi) is 3.09. The molecule has 0 aromatic heterocycles. The van der Waals surface area contributed by atoms with Crippen molar-refractivity contribution in [2.45, 2.75) is 26.2 Å². The van der Waals surface area contributed by atoms with Gasteiger partial charge in [-0.25, -0.2) is 0 Å². The van der Waals surface area contributed by atoms with Gasteiger partial charge < -0.3 is 10.8 Å². The first kappa shape index (κ1) is 10.3. The lowest BCUT2D eigenvalue weighted by atomic mass is 9.74. The number of hydrogen-bond donors (Lipinski definition) is 2. The Bertz CT molecular complexity index is 225. The van der Waals surface area contributed by atoms with E-state index in [1.807, 2.05) is 6.08 Å². The van der Waals surface area contributed by atoms with Crippen LogP contribution in [0.3, 0.4) is 0 Å². The van der Waals surface area contributed by atoms with Crippen LogP contribution >= 0.6 is 0 Å². The van der Waals surface area contributed by atoms with Crippen LogP contribution < -0.4 is 5.73 Å². The molecule has 0 aromatic rings. The van der Waals surface area contributed by atoms with E-state index in [1.165, 1.54) is 0 Å². The Morgan fingerprint density at radius 1 is 1.77 bits per heavy atom. The molecule has 74 valence electrons. The molecule has 0 spiro atoms. The second-order valence-corrected chi connectivity index (χ2v) is 4.01. The van der Waals surface area contributed by atoms with Gasteiger partial charge in [-0.1, -0.05) is 19.1 Å². The maximum Gasteiger partial charge on any atom is 0.304 e. The van der Waals surface area contributed by atoms with Gasteiger partial charge in [-0.3, -0.25) is 4.79 Å². The zero-order valence-corrected chi connectivity index (χ0v) is 7.99. The first-order valence-corrected chi connectivity index (χ1v) is 4.69. The lowest BCUT2D eigenvalue weighted by Crippen LogP contribution is -2.33. The van der Waals surface area contributed by atoms with Crippen LogP contribution in [0.15, 0.2) is 12.2 Å². The summed E-state index contributed by atoms with van der Waals surface area (Å²) in [6.07, 6.45) is 6.18. The molecule has 0 saturated heterocycles. The van der Waals surface area contributed by atoms with E-state index in [1.54, 1.807) is 0 Å². The normalized spacial score (nSPS) is 33.2. The molecule has 0 aliphatic heterocycles. The number of rotatable bonds is 3. The molecular formula is C10H17NO2. The fourth-order valence-electron chi connectivity index (χ4n) is 1.75. The number of hydrogen-bond acceptors (Lipinski definition) is 2. The lowest BCUT2D eigenvalue weighted by molar-refractivity contribution is -0.139. The Morgan fingerprint density at radius 3 is 2.85 bits per heavy atom. The van der Waals surface area contributed by atoms with Crippen LogP contribution in [-0.2, 0) is 4.79 Å². The highest BCUT2D eigenvalue weighted by atomic mass is 16.4. The SMILES string of the molecule is C[C@@H]1C=C[C@@](CN)(CC(=O)O)CC1. The highest BCUT2D eigenvalue weighted by molar-refractivity contribution is 5.68. The summed E-state index contributed by atoms with van der Waals surface area (Å²) in [5, 5.41) is 8.74. The van der Waals surface area contributed by atoms with Crippen LogP contribution in [-0.4, -0.2) is 17.6 Å². The van der Waals surface area contributed by atoms with E-state index in [9.17, 15) is 4.79 Å². The number of nitrogens with two attached hydrogens (primary N) is 1. The number of carboxylic acids is 1. The van der Waals surface area contributed by atoms with E-state index in [0.29, 0.717) is 12.5 Å². The highest BCUT2D eigenvalue weighted by Gasteiger charge is 2.31. The summed E-state index contributed by atoms with van der Waals surface area (Å²) in [7, 11) is 0. The van der Waals surface area contributed by atoms with Gasteiger partial charge in [0.2, 0.25) is 0 Å². The van der Waals surface area contributed by atoms with Gasteiger partial charge in [0.25, 0.3) is 0 Å².